The number of amides is 1. The second-order valence-electron chi connectivity index (χ2n) is 15.2. The molecule has 8 rings (SSSR count). The summed E-state index contributed by atoms with van der Waals surface area (Å²) in [6.45, 7) is 9.37. The van der Waals surface area contributed by atoms with E-state index >= 15 is 0 Å². The normalized spacial score (nSPS) is 15.8. The van der Waals surface area contributed by atoms with Gasteiger partial charge in [0.15, 0.2) is 0 Å². The average molecular weight is 783 g/mol. The van der Waals surface area contributed by atoms with Crippen LogP contribution in [0.4, 0.5) is 5.69 Å². The maximum atomic E-state index is 13.8. The SMILES string of the molecule is COc1ncc(-c2cc(-c3ccc(N4CCNCC4)cc3)c(-c3cccc(C(=O)N4CCCC4)c3)c(OC)c2-c2cccc(OCCCN3CCCC3)c2)c(OC)n1. The quantitative estimate of drug-likeness (QED) is 0.113. The number of benzene rings is 4. The molecule has 0 radical (unpaired) electrons. The maximum Gasteiger partial charge on any atom is 0.319 e. The zero-order chi connectivity index (χ0) is 39.8. The average Bonchev–Trinajstić information content (AvgIpc) is 4.03. The van der Waals surface area contributed by atoms with Crippen LogP contribution in [0.3, 0.4) is 0 Å². The van der Waals surface area contributed by atoms with Gasteiger partial charge in [0.1, 0.15) is 11.5 Å². The predicted octanol–water partition coefficient (Wildman–Crippen LogP) is 7.68. The second kappa shape index (κ2) is 18.3. The molecule has 0 aliphatic carbocycles. The van der Waals surface area contributed by atoms with Crippen LogP contribution in [-0.4, -0.2) is 113 Å². The third-order valence-electron chi connectivity index (χ3n) is 11.5. The van der Waals surface area contributed by atoms with Gasteiger partial charge in [-0.15, -0.1) is 0 Å². The summed E-state index contributed by atoms with van der Waals surface area (Å²) in [7, 11) is 4.86. The van der Waals surface area contributed by atoms with E-state index in [1.165, 1.54) is 31.6 Å². The molecule has 1 N–H and O–H groups in total. The van der Waals surface area contributed by atoms with Crippen LogP contribution >= 0.6 is 0 Å². The molecule has 5 aromatic rings. The number of likely N-dealkylation sites (tertiary alicyclic amines) is 2. The Bertz CT molecular complexity index is 2190. The fraction of sp³-hybridized carbons (Fsp3) is 0.383. The summed E-state index contributed by atoms with van der Waals surface area (Å²) in [4.78, 5) is 29.9. The Balaban J connectivity index is 1.31. The van der Waals surface area contributed by atoms with Crippen molar-refractivity contribution in [3.05, 3.63) is 90.6 Å². The number of nitrogens with zero attached hydrogens (tertiary/aromatic N) is 5. The van der Waals surface area contributed by atoms with E-state index in [0.717, 1.165) is 110 Å². The molecule has 302 valence electrons. The lowest BCUT2D eigenvalue weighted by molar-refractivity contribution is 0.0793. The number of hydrogen-bond donors (Lipinski definition) is 1. The van der Waals surface area contributed by atoms with Crippen molar-refractivity contribution in [1.82, 2.24) is 25.1 Å². The van der Waals surface area contributed by atoms with E-state index in [2.05, 4.69) is 73.6 Å². The van der Waals surface area contributed by atoms with E-state index in [-0.39, 0.29) is 11.9 Å². The molecule has 0 atom stereocenters. The number of carbonyl (C=O) groups excluding carboxylic acids is 1. The van der Waals surface area contributed by atoms with Crippen molar-refractivity contribution in [3.63, 3.8) is 0 Å². The topological polar surface area (TPSA) is 102 Å². The predicted molar refractivity (Wildman–Crippen MR) is 229 cm³/mol. The number of anilines is 1. The molecule has 3 fully saturated rings. The van der Waals surface area contributed by atoms with Crippen LogP contribution in [0.1, 0.15) is 42.5 Å². The first-order chi connectivity index (χ1) is 28.5. The van der Waals surface area contributed by atoms with Gasteiger partial charge < -0.3 is 39.0 Å². The number of carbonyl (C=O) groups is 1. The molecule has 4 heterocycles. The summed E-state index contributed by atoms with van der Waals surface area (Å²) < 4.78 is 24.3. The van der Waals surface area contributed by atoms with Crippen LogP contribution in [-0.2, 0) is 0 Å². The zero-order valence-electron chi connectivity index (χ0n) is 34.0. The second-order valence-corrected chi connectivity index (χ2v) is 15.2. The van der Waals surface area contributed by atoms with Crippen LogP contribution in [0.2, 0.25) is 0 Å². The van der Waals surface area contributed by atoms with Crippen molar-refractivity contribution in [2.45, 2.75) is 32.1 Å². The molecule has 1 amide bonds. The molecule has 0 bridgehead atoms. The van der Waals surface area contributed by atoms with Gasteiger partial charge in [-0.05, 0) is 110 Å². The highest BCUT2D eigenvalue weighted by Crippen LogP contribution is 2.52. The molecule has 1 aromatic heterocycles. The van der Waals surface area contributed by atoms with Gasteiger partial charge in [-0.1, -0.05) is 36.4 Å². The largest absolute Gasteiger partial charge is 0.495 e. The fourth-order valence-corrected chi connectivity index (χ4v) is 8.58. The van der Waals surface area contributed by atoms with E-state index in [1.54, 1.807) is 27.5 Å². The number of aromatic nitrogens is 2. The highest BCUT2D eigenvalue weighted by Gasteiger charge is 2.28. The molecule has 0 spiro atoms. The Morgan fingerprint density at radius 3 is 2.14 bits per heavy atom. The summed E-state index contributed by atoms with van der Waals surface area (Å²) in [5.74, 6) is 1.84. The van der Waals surface area contributed by atoms with E-state index in [9.17, 15) is 4.79 Å². The lowest BCUT2D eigenvalue weighted by atomic mass is 9.84. The Labute approximate surface area is 341 Å². The van der Waals surface area contributed by atoms with Crippen LogP contribution < -0.4 is 29.2 Å². The monoisotopic (exact) mass is 782 g/mol. The first-order valence-electron chi connectivity index (χ1n) is 20.7. The van der Waals surface area contributed by atoms with E-state index in [4.69, 9.17) is 18.9 Å². The van der Waals surface area contributed by atoms with Crippen molar-refractivity contribution in [3.8, 4) is 67.9 Å². The van der Waals surface area contributed by atoms with Gasteiger partial charge in [0, 0.05) is 80.0 Å². The molecule has 11 nitrogen and oxygen atoms in total. The Hall–Kier alpha value is -5.65. The summed E-state index contributed by atoms with van der Waals surface area (Å²) in [5, 5.41) is 3.45. The summed E-state index contributed by atoms with van der Waals surface area (Å²) in [5.41, 5.74) is 8.73. The van der Waals surface area contributed by atoms with Gasteiger partial charge in [-0.2, -0.15) is 4.98 Å². The molecule has 4 aromatic carbocycles. The number of nitrogens with one attached hydrogen (secondary N) is 1. The van der Waals surface area contributed by atoms with Gasteiger partial charge in [0.05, 0.1) is 33.5 Å². The van der Waals surface area contributed by atoms with Crippen molar-refractivity contribution >= 4 is 11.6 Å². The van der Waals surface area contributed by atoms with Crippen molar-refractivity contribution < 1.29 is 23.7 Å². The lowest BCUT2D eigenvalue weighted by Crippen LogP contribution is -2.43. The molecule has 58 heavy (non-hydrogen) atoms. The van der Waals surface area contributed by atoms with Gasteiger partial charge in [-0.25, -0.2) is 4.98 Å². The molecule has 0 unspecified atom stereocenters. The van der Waals surface area contributed by atoms with Crippen LogP contribution in [0.15, 0.2) is 85.1 Å². The van der Waals surface area contributed by atoms with E-state index in [0.29, 0.717) is 29.4 Å². The van der Waals surface area contributed by atoms with Crippen LogP contribution in [0.25, 0.3) is 44.5 Å². The number of piperazine rings is 1. The first kappa shape index (κ1) is 39.2. The zero-order valence-corrected chi connectivity index (χ0v) is 34.0. The van der Waals surface area contributed by atoms with Crippen molar-refractivity contribution in [2.75, 3.05) is 91.7 Å². The van der Waals surface area contributed by atoms with E-state index in [1.807, 2.05) is 35.2 Å². The number of hydrogen-bond acceptors (Lipinski definition) is 10. The number of methoxy groups -OCH3 is 3. The molecule has 11 heteroatoms. The Morgan fingerprint density at radius 2 is 1.41 bits per heavy atom. The summed E-state index contributed by atoms with van der Waals surface area (Å²) >= 11 is 0. The van der Waals surface area contributed by atoms with Gasteiger partial charge >= 0.3 is 6.01 Å². The minimum atomic E-state index is 0.0479. The third kappa shape index (κ3) is 8.47. The highest BCUT2D eigenvalue weighted by molar-refractivity contribution is 6.03. The Kier molecular flexibility index (Phi) is 12.4. The first-order valence-corrected chi connectivity index (χ1v) is 20.7. The van der Waals surface area contributed by atoms with Gasteiger partial charge in [0.25, 0.3) is 5.91 Å². The maximum absolute atomic E-state index is 13.8. The molecular weight excluding hydrogens is 729 g/mol. The molecule has 0 saturated carbocycles. The Morgan fingerprint density at radius 1 is 0.707 bits per heavy atom. The standard InChI is InChI=1S/C47H54N6O5/c1-55-44-42(34-11-8-13-36(29-34)46(54)53-24-6-7-25-53)39(33-15-17-37(18-16-33)52-26-19-48-20-27-52)31-40(41-32-49-47(57-3)50-45(41)56-2)43(44)35-12-9-14-38(30-35)58-28-10-23-51-21-4-5-22-51/h8-9,11-18,29-32,48H,4-7,10,19-28H2,1-3H3. The number of ether oxygens (including phenoxy) is 4. The van der Waals surface area contributed by atoms with Crippen LogP contribution in [0, 0.1) is 0 Å². The van der Waals surface area contributed by atoms with Gasteiger partial charge in [0.2, 0.25) is 5.88 Å². The number of rotatable bonds is 14. The molecule has 3 aliphatic heterocycles. The van der Waals surface area contributed by atoms with E-state index < -0.39 is 0 Å². The van der Waals surface area contributed by atoms with Crippen molar-refractivity contribution in [1.29, 1.82) is 0 Å². The van der Waals surface area contributed by atoms with Crippen molar-refractivity contribution in [2.24, 2.45) is 0 Å². The molecule has 3 saturated heterocycles. The molecular formula is C47H54N6O5. The summed E-state index contributed by atoms with van der Waals surface area (Å²) in [6.07, 6.45) is 7.30. The minimum Gasteiger partial charge on any atom is -0.495 e. The fourth-order valence-electron chi connectivity index (χ4n) is 8.58. The molecule has 3 aliphatic rings. The smallest absolute Gasteiger partial charge is 0.319 e. The lowest BCUT2D eigenvalue weighted by Gasteiger charge is -2.29. The minimum absolute atomic E-state index is 0.0479. The third-order valence-corrected chi connectivity index (χ3v) is 11.5. The highest BCUT2D eigenvalue weighted by atomic mass is 16.5. The summed E-state index contributed by atoms with van der Waals surface area (Å²) in [6, 6.07) is 27.3. The van der Waals surface area contributed by atoms with Gasteiger partial charge in [-0.3, -0.25) is 4.79 Å². The van der Waals surface area contributed by atoms with Crippen LogP contribution in [0.5, 0.6) is 23.4 Å².